The summed E-state index contributed by atoms with van der Waals surface area (Å²) in [6, 6.07) is 5.50. The Hall–Kier alpha value is -3.51. The molecular formula is C20H18O11. The van der Waals surface area contributed by atoms with Crippen molar-refractivity contribution in [3.63, 3.8) is 0 Å². The van der Waals surface area contributed by atoms with Crippen molar-refractivity contribution in [1.82, 2.24) is 0 Å². The molecule has 0 radical (unpaired) electrons. The fourth-order valence-electron chi connectivity index (χ4n) is 3.23. The average Bonchev–Trinajstić information content (AvgIpc) is 2.71. The molecule has 7 N–H and O–H groups in total. The number of phenols is 4. The van der Waals surface area contributed by atoms with Crippen LogP contribution in [0, 0.1) is 0 Å². The number of fused-ring (bicyclic) bond motifs is 1. The molecule has 2 heterocycles. The first-order valence-electron chi connectivity index (χ1n) is 9.05. The van der Waals surface area contributed by atoms with Crippen molar-refractivity contribution in [3.8, 4) is 40.1 Å². The monoisotopic (exact) mass is 434 g/mol. The smallest absolute Gasteiger partial charge is 0.239 e. The maximum atomic E-state index is 13.1. The number of aliphatic hydroxyl groups is 3. The van der Waals surface area contributed by atoms with Crippen molar-refractivity contribution >= 4 is 11.0 Å². The topological polar surface area (TPSA) is 190 Å². The zero-order valence-electron chi connectivity index (χ0n) is 15.7. The van der Waals surface area contributed by atoms with Gasteiger partial charge in [0, 0.05) is 17.7 Å². The van der Waals surface area contributed by atoms with E-state index in [0.29, 0.717) is 0 Å². The normalized spacial score (nSPS) is 23.7. The fraction of sp³-hybridized carbons (Fsp3) is 0.250. The number of aliphatic hydroxyl groups excluding tert-OH is 3. The Kier molecular flexibility index (Phi) is 5.11. The van der Waals surface area contributed by atoms with E-state index in [4.69, 9.17) is 13.9 Å². The summed E-state index contributed by atoms with van der Waals surface area (Å²) in [6.07, 6.45) is -6.29. The first kappa shape index (κ1) is 20.8. The second-order valence-corrected chi connectivity index (χ2v) is 7.00. The van der Waals surface area contributed by atoms with Crippen LogP contribution in [-0.2, 0) is 4.74 Å². The third-order valence-electron chi connectivity index (χ3n) is 4.84. The third-order valence-corrected chi connectivity index (χ3v) is 4.84. The van der Waals surface area contributed by atoms with Gasteiger partial charge in [-0.15, -0.1) is 0 Å². The van der Waals surface area contributed by atoms with Gasteiger partial charge in [-0.2, -0.15) is 0 Å². The number of hydrogen-bond acceptors (Lipinski definition) is 11. The van der Waals surface area contributed by atoms with E-state index in [0.717, 1.165) is 24.3 Å². The lowest BCUT2D eigenvalue weighted by molar-refractivity contribution is -0.242. The van der Waals surface area contributed by atoms with Crippen LogP contribution in [0.3, 0.4) is 0 Å². The molecule has 4 atom stereocenters. The lowest BCUT2D eigenvalue weighted by Gasteiger charge is -2.34. The van der Waals surface area contributed by atoms with Crippen LogP contribution in [0.4, 0.5) is 0 Å². The maximum absolute atomic E-state index is 13.1. The van der Waals surface area contributed by atoms with Crippen LogP contribution in [0.2, 0.25) is 0 Å². The highest BCUT2D eigenvalue weighted by Gasteiger charge is 2.40. The summed E-state index contributed by atoms with van der Waals surface area (Å²) in [6.45, 7) is -0.393. The van der Waals surface area contributed by atoms with E-state index in [1.807, 2.05) is 0 Å². The Bertz CT molecular complexity index is 1200. The van der Waals surface area contributed by atoms with Crippen molar-refractivity contribution in [1.29, 1.82) is 0 Å². The van der Waals surface area contributed by atoms with Gasteiger partial charge >= 0.3 is 0 Å². The highest BCUT2D eigenvalue weighted by Crippen LogP contribution is 2.39. The Morgan fingerprint density at radius 1 is 0.903 bits per heavy atom. The summed E-state index contributed by atoms with van der Waals surface area (Å²) in [5.74, 6) is -2.79. The van der Waals surface area contributed by atoms with Crippen LogP contribution in [0.1, 0.15) is 0 Å². The van der Waals surface area contributed by atoms with Crippen LogP contribution in [-0.4, -0.2) is 67.0 Å². The van der Waals surface area contributed by atoms with Gasteiger partial charge in [-0.1, -0.05) is 0 Å². The highest BCUT2D eigenvalue weighted by molar-refractivity contribution is 5.88. The largest absolute Gasteiger partial charge is 0.508 e. The highest BCUT2D eigenvalue weighted by atomic mass is 16.7. The lowest BCUT2D eigenvalue weighted by Crippen LogP contribution is -2.55. The van der Waals surface area contributed by atoms with E-state index >= 15 is 0 Å². The molecule has 1 aliphatic heterocycles. The average molecular weight is 434 g/mol. The van der Waals surface area contributed by atoms with Crippen molar-refractivity contribution < 1.29 is 49.6 Å². The summed E-state index contributed by atoms with van der Waals surface area (Å²) >= 11 is 0. The molecule has 164 valence electrons. The molecule has 1 saturated heterocycles. The lowest BCUT2D eigenvalue weighted by atomic mass is 10.1. The number of phenolic OH excluding ortho intramolecular Hbond substituents is 4. The number of hydrogen-bond donors (Lipinski definition) is 7. The molecule has 1 aromatic heterocycles. The molecule has 1 aliphatic rings. The van der Waals surface area contributed by atoms with Gasteiger partial charge in [0.25, 0.3) is 0 Å². The number of rotatable bonds is 3. The van der Waals surface area contributed by atoms with E-state index in [-0.39, 0.29) is 28.0 Å². The Balaban J connectivity index is 1.92. The summed E-state index contributed by atoms with van der Waals surface area (Å²) in [4.78, 5) is 13.1. The number of ether oxygens (including phenoxy) is 2. The van der Waals surface area contributed by atoms with Crippen LogP contribution in [0.15, 0.2) is 39.5 Å². The minimum Gasteiger partial charge on any atom is -0.508 e. The van der Waals surface area contributed by atoms with Gasteiger partial charge in [0.05, 0.1) is 6.61 Å². The SMILES string of the molecule is O=c1c(OC2OC[C@H](O)[C@@H](O)[C@@H]2O)c(-c2ccc(O)c(O)c2)oc2cc(O)cc(O)c12. The van der Waals surface area contributed by atoms with Gasteiger partial charge in [-0.05, 0) is 18.2 Å². The molecule has 1 fully saturated rings. The molecule has 2 aromatic carbocycles. The van der Waals surface area contributed by atoms with Gasteiger partial charge < -0.3 is 49.6 Å². The van der Waals surface area contributed by atoms with Gasteiger partial charge in [0.15, 0.2) is 17.3 Å². The fourth-order valence-corrected chi connectivity index (χ4v) is 3.23. The van der Waals surface area contributed by atoms with E-state index in [2.05, 4.69) is 0 Å². The van der Waals surface area contributed by atoms with Crippen molar-refractivity contribution in [2.24, 2.45) is 0 Å². The third kappa shape index (κ3) is 3.59. The molecule has 31 heavy (non-hydrogen) atoms. The van der Waals surface area contributed by atoms with Crippen LogP contribution in [0.5, 0.6) is 28.7 Å². The first-order valence-corrected chi connectivity index (χ1v) is 9.05. The molecule has 4 rings (SSSR count). The van der Waals surface area contributed by atoms with Crippen LogP contribution >= 0.6 is 0 Å². The van der Waals surface area contributed by atoms with Crippen LogP contribution < -0.4 is 10.2 Å². The predicted molar refractivity (Wildman–Crippen MR) is 103 cm³/mol. The summed E-state index contributed by atoms with van der Waals surface area (Å²) in [5.41, 5.74) is -1.05. The van der Waals surface area contributed by atoms with E-state index in [1.54, 1.807) is 0 Å². The van der Waals surface area contributed by atoms with E-state index < -0.39 is 59.6 Å². The van der Waals surface area contributed by atoms with E-state index in [1.165, 1.54) is 6.07 Å². The molecule has 0 spiro atoms. The standard InChI is InChI=1S/C20H18O11/c21-8-4-11(24)14-13(5-8)30-18(7-1-2-9(22)10(23)3-7)19(16(14)27)31-20-17(28)15(26)12(25)6-29-20/h1-5,12,15,17,20-26,28H,6H2/t12-,15+,17-,20?/m0/s1. The zero-order valence-corrected chi connectivity index (χ0v) is 15.7. The summed E-state index contributed by atoms with van der Waals surface area (Å²) in [7, 11) is 0. The quantitative estimate of drug-likeness (QED) is 0.277. The van der Waals surface area contributed by atoms with Gasteiger partial charge in [0.2, 0.25) is 17.5 Å². The molecule has 0 aliphatic carbocycles. The number of benzene rings is 2. The summed E-state index contributed by atoms with van der Waals surface area (Å²) in [5, 5.41) is 68.6. The Morgan fingerprint density at radius 3 is 2.35 bits per heavy atom. The Morgan fingerprint density at radius 2 is 1.65 bits per heavy atom. The van der Waals surface area contributed by atoms with Crippen molar-refractivity contribution in [3.05, 3.63) is 40.6 Å². The molecular weight excluding hydrogens is 416 g/mol. The molecule has 0 saturated carbocycles. The molecule has 0 amide bonds. The second kappa shape index (κ2) is 7.63. The molecule has 1 unspecified atom stereocenters. The Labute approximate surface area is 173 Å². The minimum absolute atomic E-state index is 0.0676. The molecule has 3 aromatic rings. The van der Waals surface area contributed by atoms with Crippen LogP contribution in [0.25, 0.3) is 22.3 Å². The van der Waals surface area contributed by atoms with Gasteiger partial charge in [0.1, 0.15) is 40.8 Å². The molecule has 0 bridgehead atoms. The molecule has 11 nitrogen and oxygen atoms in total. The minimum atomic E-state index is -1.73. The van der Waals surface area contributed by atoms with E-state index in [9.17, 15) is 40.5 Å². The summed E-state index contributed by atoms with van der Waals surface area (Å²) < 4.78 is 16.3. The predicted octanol–water partition coefficient (Wildman–Crippen LogP) is 0.100. The van der Waals surface area contributed by atoms with Gasteiger partial charge in [-0.3, -0.25) is 4.79 Å². The maximum Gasteiger partial charge on any atom is 0.239 e. The zero-order chi connectivity index (χ0) is 22.4. The first-order chi connectivity index (χ1) is 14.7. The van der Waals surface area contributed by atoms with Gasteiger partial charge in [-0.25, -0.2) is 0 Å². The van der Waals surface area contributed by atoms with Crippen molar-refractivity contribution in [2.75, 3.05) is 6.61 Å². The number of aromatic hydroxyl groups is 4. The second-order valence-electron chi connectivity index (χ2n) is 7.00. The molecule has 11 heteroatoms. The van der Waals surface area contributed by atoms with Crippen molar-refractivity contribution in [2.45, 2.75) is 24.6 Å².